The minimum absolute atomic E-state index is 0.111. The van der Waals surface area contributed by atoms with Crippen LogP contribution < -0.4 is 11.5 Å². The third-order valence-corrected chi connectivity index (χ3v) is 2.65. The summed E-state index contributed by atoms with van der Waals surface area (Å²) in [4.78, 5) is 12.4. The molecule has 0 heterocycles. The molecule has 0 aromatic heterocycles. The minimum atomic E-state index is -4.17. The Hall–Kier alpha value is -1.76. The smallest absolute Gasteiger partial charge is 0.390 e. The van der Waals surface area contributed by atoms with Crippen LogP contribution in [0, 0.1) is 0 Å². The molecule has 0 aliphatic rings. The van der Waals surface area contributed by atoms with Gasteiger partial charge in [0.1, 0.15) is 0 Å². The van der Waals surface area contributed by atoms with Crippen LogP contribution in [-0.2, 0) is 6.54 Å². The van der Waals surface area contributed by atoms with Gasteiger partial charge in [-0.1, -0.05) is 6.07 Å². The van der Waals surface area contributed by atoms with Crippen molar-refractivity contribution in [1.29, 1.82) is 0 Å². The van der Waals surface area contributed by atoms with Crippen LogP contribution in [0.2, 0.25) is 0 Å². The van der Waals surface area contributed by atoms with Crippen LogP contribution in [0.15, 0.2) is 18.2 Å². The average Bonchev–Trinajstić information content (AvgIpc) is 2.28. The number of alkyl halides is 3. The molecular weight excluding hydrogens is 259 g/mol. The summed E-state index contributed by atoms with van der Waals surface area (Å²) in [5.41, 5.74) is 12.1. The fourth-order valence-corrected chi connectivity index (χ4v) is 1.58. The number of carbonyl (C=O) groups excluding carboxylic acids is 1. The molecule has 1 rings (SSSR count). The lowest BCUT2D eigenvalue weighted by atomic mass is 10.1. The lowest BCUT2D eigenvalue weighted by Gasteiger charge is -2.18. The van der Waals surface area contributed by atoms with E-state index in [4.69, 9.17) is 11.5 Å². The molecule has 4 nitrogen and oxygen atoms in total. The Bertz CT molecular complexity index is 460. The quantitative estimate of drug-likeness (QED) is 0.804. The number of carbonyl (C=O) groups is 1. The van der Waals surface area contributed by atoms with Crippen molar-refractivity contribution in [3.63, 3.8) is 0 Å². The number of hydrogen-bond acceptors (Lipinski definition) is 3. The maximum absolute atomic E-state index is 12.1. The van der Waals surface area contributed by atoms with Gasteiger partial charge in [0.05, 0.1) is 6.42 Å². The van der Waals surface area contributed by atoms with Gasteiger partial charge in [-0.2, -0.15) is 13.2 Å². The van der Waals surface area contributed by atoms with Crippen LogP contribution in [0.5, 0.6) is 0 Å². The van der Waals surface area contributed by atoms with Gasteiger partial charge in [-0.05, 0) is 24.7 Å². The summed E-state index contributed by atoms with van der Waals surface area (Å²) in [5, 5.41) is 0. The highest BCUT2D eigenvalue weighted by molar-refractivity contribution is 5.93. The van der Waals surface area contributed by atoms with Gasteiger partial charge in [-0.25, -0.2) is 0 Å². The van der Waals surface area contributed by atoms with Crippen molar-refractivity contribution in [2.45, 2.75) is 19.1 Å². The van der Waals surface area contributed by atoms with Gasteiger partial charge in [0.15, 0.2) is 0 Å². The van der Waals surface area contributed by atoms with Gasteiger partial charge in [0.25, 0.3) is 0 Å². The zero-order valence-corrected chi connectivity index (χ0v) is 10.5. The highest BCUT2D eigenvalue weighted by Crippen LogP contribution is 2.21. The molecule has 106 valence electrons. The number of anilines is 1. The van der Waals surface area contributed by atoms with E-state index in [1.165, 1.54) is 17.0 Å². The van der Waals surface area contributed by atoms with Crippen molar-refractivity contribution in [2.75, 3.05) is 19.3 Å². The standard InChI is InChI=1S/C12H16F3N3O/c1-18(5-4-12(13,14)15)7-9-3-2-8(11(17)19)6-10(9)16/h2-3,6H,4-5,7,16H2,1H3,(H2,17,19). The van der Waals surface area contributed by atoms with Crippen LogP contribution in [-0.4, -0.2) is 30.6 Å². The summed E-state index contributed by atoms with van der Waals surface area (Å²) in [6.45, 7) is 0.168. The molecule has 0 aliphatic carbocycles. The van der Waals surface area contributed by atoms with Crippen molar-refractivity contribution < 1.29 is 18.0 Å². The van der Waals surface area contributed by atoms with Crippen molar-refractivity contribution in [2.24, 2.45) is 5.73 Å². The highest BCUT2D eigenvalue weighted by Gasteiger charge is 2.27. The summed E-state index contributed by atoms with van der Waals surface area (Å²) in [6, 6.07) is 4.53. The number of amides is 1. The van der Waals surface area contributed by atoms with E-state index < -0.39 is 18.5 Å². The predicted octanol–water partition coefficient (Wildman–Crippen LogP) is 1.75. The molecule has 0 fully saturated rings. The predicted molar refractivity (Wildman–Crippen MR) is 66.4 cm³/mol. The van der Waals surface area contributed by atoms with E-state index in [1.54, 1.807) is 13.1 Å². The molecule has 19 heavy (non-hydrogen) atoms. The van der Waals surface area contributed by atoms with Gasteiger partial charge < -0.3 is 16.4 Å². The zero-order valence-electron chi connectivity index (χ0n) is 10.5. The second-order valence-electron chi connectivity index (χ2n) is 4.38. The Kier molecular flexibility index (Phi) is 4.77. The summed E-state index contributed by atoms with van der Waals surface area (Å²) in [6.07, 6.45) is -5.04. The van der Waals surface area contributed by atoms with Crippen molar-refractivity contribution >= 4 is 11.6 Å². The number of benzene rings is 1. The molecule has 0 saturated heterocycles. The SMILES string of the molecule is CN(CCC(F)(F)F)Cc1ccc(C(N)=O)cc1N. The first-order valence-corrected chi connectivity index (χ1v) is 5.62. The number of nitrogen functional groups attached to an aromatic ring is 1. The van der Waals surface area contributed by atoms with Crippen molar-refractivity contribution in [3.8, 4) is 0 Å². The normalized spacial score (nSPS) is 11.8. The lowest BCUT2D eigenvalue weighted by molar-refractivity contribution is -0.137. The molecule has 0 saturated carbocycles. The topological polar surface area (TPSA) is 72.3 Å². The van der Waals surface area contributed by atoms with E-state index in [0.29, 0.717) is 11.3 Å². The maximum Gasteiger partial charge on any atom is 0.390 e. The first-order valence-electron chi connectivity index (χ1n) is 5.62. The molecule has 1 aromatic rings. The molecule has 0 spiro atoms. The fraction of sp³-hybridized carbons (Fsp3) is 0.417. The van der Waals surface area contributed by atoms with E-state index >= 15 is 0 Å². The number of nitrogens with two attached hydrogens (primary N) is 2. The molecule has 1 aromatic carbocycles. The number of rotatable bonds is 5. The summed E-state index contributed by atoms with van der Waals surface area (Å²) < 4.78 is 36.2. The Labute approximate surface area is 109 Å². The molecule has 0 unspecified atom stereocenters. The molecule has 4 N–H and O–H groups in total. The highest BCUT2D eigenvalue weighted by atomic mass is 19.4. The van der Waals surface area contributed by atoms with Crippen molar-refractivity contribution in [1.82, 2.24) is 4.90 Å². The zero-order chi connectivity index (χ0) is 14.6. The van der Waals surface area contributed by atoms with E-state index in [-0.39, 0.29) is 18.7 Å². The first-order chi connectivity index (χ1) is 8.69. The van der Waals surface area contributed by atoms with Crippen molar-refractivity contribution in [3.05, 3.63) is 29.3 Å². The molecule has 1 amide bonds. The van der Waals surface area contributed by atoms with E-state index in [1.807, 2.05) is 0 Å². The van der Waals surface area contributed by atoms with Gasteiger partial charge >= 0.3 is 6.18 Å². The second-order valence-corrected chi connectivity index (χ2v) is 4.38. The van der Waals surface area contributed by atoms with E-state index in [9.17, 15) is 18.0 Å². The Morgan fingerprint density at radius 2 is 2.00 bits per heavy atom. The van der Waals surface area contributed by atoms with E-state index in [0.717, 1.165) is 0 Å². The monoisotopic (exact) mass is 275 g/mol. The van der Waals surface area contributed by atoms with Crippen LogP contribution >= 0.6 is 0 Å². The lowest BCUT2D eigenvalue weighted by Crippen LogP contribution is -2.24. The molecule has 0 aliphatic heterocycles. The second kappa shape index (κ2) is 5.92. The summed E-state index contributed by atoms with van der Waals surface area (Å²) >= 11 is 0. The minimum Gasteiger partial charge on any atom is -0.398 e. The van der Waals surface area contributed by atoms with E-state index in [2.05, 4.69) is 0 Å². The van der Waals surface area contributed by atoms with Gasteiger partial charge in [0.2, 0.25) is 5.91 Å². The molecular formula is C12H16F3N3O. The summed E-state index contributed by atoms with van der Waals surface area (Å²) in [5.74, 6) is -0.594. The molecule has 0 radical (unpaired) electrons. The van der Waals surface area contributed by atoms with Gasteiger partial charge in [0, 0.05) is 24.3 Å². The number of halogens is 3. The third-order valence-electron chi connectivity index (χ3n) is 2.65. The Morgan fingerprint density at radius 1 is 1.37 bits per heavy atom. The van der Waals surface area contributed by atoms with Gasteiger partial charge in [-0.15, -0.1) is 0 Å². The molecule has 0 bridgehead atoms. The number of primary amides is 1. The number of nitrogens with zero attached hydrogens (tertiary/aromatic N) is 1. The Balaban J connectivity index is 2.64. The number of hydrogen-bond donors (Lipinski definition) is 2. The maximum atomic E-state index is 12.1. The summed E-state index contributed by atoms with van der Waals surface area (Å²) in [7, 11) is 1.58. The molecule has 7 heteroatoms. The Morgan fingerprint density at radius 3 is 2.47 bits per heavy atom. The van der Waals surface area contributed by atoms with Crippen LogP contribution in [0.3, 0.4) is 0 Å². The fourth-order valence-electron chi connectivity index (χ4n) is 1.58. The van der Waals surface area contributed by atoms with Crippen LogP contribution in [0.4, 0.5) is 18.9 Å². The van der Waals surface area contributed by atoms with Gasteiger partial charge in [-0.3, -0.25) is 4.79 Å². The largest absolute Gasteiger partial charge is 0.398 e. The third kappa shape index (κ3) is 5.17. The molecule has 0 atom stereocenters. The van der Waals surface area contributed by atoms with Crippen LogP contribution in [0.1, 0.15) is 22.3 Å². The van der Waals surface area contributed by atoms with Crippen LogP contribution in [0.25, 0.3) is 0 Å². The average molecular weight is 275 g/mol. The first kappa shape index (κ1) is 15.3.